The van der Waals surface area contributed by atoms with Gasteiger partial charge < -0.3 is 25.1 Å². The number of carboxylic acids is 1. The number of carbonyl (C=O) groups is 4. The van der Waals surface area contributed by atoms with Crippen LogP contribution in [0.2, 0.25) is 0 Å². The van der Waals surface area contributed by atoms with Crippen molar-refractivity contribution in [2.75, 3.05) is 13.2 Å². The van der Waals surface area contributed by atoms with Gasteiger partial charge in [0.2, 0.25) is 5.91 Å². The number of allylic oxidation sites excluding steroid dienone is 3. The highest BCUT2D eigenvalue weighted by Gasteiger charge is 2.44. The number of unbranched alkanes of at least 4 members (excludes halogenated alkanes) is 2. The van der Waals surface area contributed by atoms with Crippen molar-refractivity contribution in [1.82, 2.24) is 15.3 Å². The van der Waals surface area contributed by atoms with Crippen molar-refractivity contribution < 1.29 is 29.0 Å². The fourth-order valence-corrected chi connectivity index (χ4v) is 9.11. The highest BCUT2D eigenvalue weighted by molar-refractivity contribution is 6.11. The number of ether oxygens (including phenoxy) is 1. The molecule has 0 fully saturated rings. The van der Waals surface area contributed by atoms with Crippen LogP contribution in [-0.4, -0.2) is 63.1 Å². The van der Waals surface area contributed by atoms with Gasteiger partial charge >= 0.3 is 5.97 Å². The molecular weight excluding hydrogens is 683 g/mol. The minimum atomic E-state index is -1.04. The van der Waals surface area contributed by atoms with E-state index in [1.807, 2.05) is 6.92 Å². The van der Waals surface area contributed by atoms with Gasteiger partial charge in [-0.05, 0) is 69.7 Å². The second kappa shape index (κ2) is 16.6. The summed E-state index contributed by atoms with van der Waals surface area (Å²) in [4.78, 5) is 68.0. The van der Waals surface area contributed by atoms with Crippen molar-refractivity contribution in [2.45, 2.75) is 131 Å². The Morgan fingerprint density at radius 1 is 1.02 bits per heavy atom. The average molecular weight is 740 g/mol. The summed E-state index contributed by atoms with van der Waals surface area (Å²) in [5.74, 6) is -1.67. The zero-order chi connectivity index (χ0) is 38.8. The van der Waals surface area contributed by atoms with Crippen LogP contribution < -0.4 is 5.32 Å². The molecule has 54 heavy (non-hydrogen) atoms. The molecule has 0 spiro atoms. The molecule has 5 heterocycles. The third-order valence-corrected chi connectivity index (χ3v) is 12.2. The zero-order valence-corrected chi connectivity index (χ0v) is 33.0. The van der Waals surface area contributed by atoms with Gasteiger partial charge in [0.15, 0.2) is 11.6 Å². The number of hydrogen-bond donors (Lipinski definition) is 4. The number of ketones is 2. The van der Waals surface area contributed by atoms with E-state index in [0.717, 1.165) is 93.5 Å². The minimum Gasteiger partial charge on any atom is -0.481 e. The minimum absolute atomic E-state index is 0.0375. The highest BCUT2D eigenvalue weighted by Crippen LogP contribution is 2.46. The summed E-state index contributed by atoms with van der Waals surface area (Å²) in [5.41, 5.74) is 13.4. The fourth-order valence-electron chi connectivity index (χ4n) is 9.11. The molecule has 6 rings (SSSR count). The van der Waals surface area contributed by atoms with Crippen LogP contribution in [0.5, 0.6) is 0 Å². The summed E-state index contributed by atoms with van der Waals surface area (Å²) in [6.45, 7) is 15.6. The molecule has 0 saturated heterocycles. The number of H-pyrrole nitrogens is 2. The molecule has 11 heteroatoms. The maximum absolute atomic E-state index is 13.8. The van der Waals surface area contributed by atoms with Crippen LogP contribution in [0.15, 0.2) is 27.0 Å². The maximum atomic E-state index is 13.8. The second-order valence-electron chi connectivity index (χ2n) is 15.8. The number of aromatic amines is 2. The first-order valence-corrected chi connectivity index (χ1v) is 20.0. The number of Topliss-reactive ketones (excluding diaryl/α,β-unsaturated/α-hetero) is 2. The summed E-state index contributed by atoms with van der Waals surface area (Å²) in [5, 5.41) is 11.6. The predicted octanol–water partition coefficient (Wildman–Crippen LogP) is 7.83. The van der Waals surface area contributed by atoms with E-state index < -0.39 is 5.97 Å². The van der Waals surface area contributed by atoms with Crippen LogP contribution in [0.3, 0.4) is 0 Å². The molecule has 3 unspecified atom stereocenters. The molecule has 0 saturated carbocycles. The Morgan fingerprint density at radius 3 is 2.52 bits per heavy atom. The molecule has 11 nitrogen and oxygen atoms in total. The Bertz CT molecular complexity index is 1960. The summed E-state index contributed by atoms with van der Waals surface area (Å²) in [6.07, 6.45) is 8.18. The molecule has 3 aliphatic heterocycles. The quantitative estimate of drug-likeness (QED) is 0.136. The van der Waals surface area contributed by atoms with Crippen LogP contribution in [0.25, 0.3) is 6.08 Å². The standard InChI is InChI=1S/C43H57N5O6/c1-8-10-11-16-54-26(7)40-24(5)33-18-32-23(4)29(13-14-38(51)44-21-27(49)12-15-39(52)53)42(47-32)30-17-37(50)41-25(6)34(48-43(30)41)19-35-28(9-2)22(3)31(45-35)20-36(40)46-33/h18,23,26,28-30,46,48H,8-17,19-21H2,1-7H3,(H,44,51)(H,52,53)/t23-,26?,28?,29-,30?/m0/s1. The lowest BCUT2D eigenvalue weighted by Gasteiger charge is -2.22. The van der Waals surface area contributed by atoms with Gasteiger partial charge in [-0.25, -0.2) is 0 Å². The summed E-state index contributed by atoms with van der Waals surface area (Å²) in [6, 6.07) is 0. The first-order chi connectivity index (χ1) is 25.8. The Labute approximate surface area is 318 Å². The van der Waals surface area contributed by atoms with Crippen molar-refractivity contribution in [3.63, 3.8) is 0 Å². The lowest BCUT2D eigenvalue weighted by Crippen LogP contribution is -2.31. The predicted molar refractivity (Wildman–Crippen MR) is 210 cm³/mol. The third kappa shape index (κ3) is 7.88. The van der Waals surface area contributed by atoms with Gasteiger partial charge in [0.1, 0.15) is 0 Å². The molecule has 8 bridgehead atoms. The summed E-state index contributed by atoms with van der Waals surface area (Å²) in [7, 11) is 0. The number of carboxylic acid groups (broad SMARTS) is 1. The number of aromatic nitrogens is 2. The van der Waals surface area contributed by atoms with Gasteiger partial charge in [0.25, 0.3) is 0 Å². The van der Waals surface area contributed by atoms with E-state index in [1.54, 1.807) is 0 Å². The lowest BCUT2D eigenvalue weighted by atomic mass is 9.81. The van der Waals surface area contributed by atoms with Crippen LogP contribution in [-0.2, 0) is 32.0 Å². The topological polar surface area (TPSA) is 166 Å². The monoisotopic (exact) mass is 739 g/mol. The molecular formula is C43H57N5O6. The maximum Gasteiger partial charge on any atom is 0.303 e. The number of hydrogen-bond acceptors (Lipinski definition) is 7. The van der Waals surface area contributed by atoms with E-state index in [4.69, 9.17) is 19.8 Å². The van der Waals surface area contributed by atoms with Crippen LogP contribution in [0.4, 0.5) is 0 Å². The number of fused-ring (bicyclic) bond motifs is 6. The lowest BCUT2D eigenvalue weighted by molar-refractivity contribution is -0.138. The smallest absolute Gasteiger partial charge is 0.303 e. The molecule has 4 aliphatic rings. The number of nitrogens with zero attached hydrogens (tertiary/aromatic N) is 2. The Morgan fingerprint density at radius 2 is 1.80 bits per heavy atom. The van der Waals surface area contributed by atoms with Crippen molar-refractivity contribution in [1.29, 1.82) is 0 Å². The molecule has 290 valence electrons. The van der Waals surface area contributed by atoms with Crippen LogP contribution in [0.1, 0.15) is 154 Å². The number of amides is 1. The van der Waals surface area contributed by atoms with Gasteiger partial charge in [0.05, 0.1) is 19.1 Å². The van der Waals surface area contributed by atoms with E-state index in [9.17, 15) is 19.2 Å². The van der Waals surface area contributed by atoms with E-state index in [2.05, 4.69) is 62.9 Å². The van der Waals surface area contributed by atoms with Gasteiger partial charge in [-0.3, -0.25) is 29.2 Å². The average Bonchev–Trinajstić information content (AvgIpc) is 3.89. The second-order valence-corrected chi connectivity index (χ2v) is 15.8. The van der Waals surface area contributed by atoms with E-state index in [0.29, 0.717) is 32.3 Å². The molecule has 2 aromatic heterocycles. The number of aliphatic carboxylic acids is 1. The molecule has 5 atom stereocenters. The molecule has 4 N–H and O–H groups in total. The molecule has 1 amide bonds. The SMILES string of the molecule is CCCCCOC(C)c1c2[nH]c(c1C)C=C1N=C(C3CC(=O)c4c3[nH]c(c4C)CC3=NC(=C(C)C3CC)C2)[C@@H](CCC(=O)NCC(=O)CCC(=O)O)[C@@H]1C. The number of rotatable bonds is 15. The van der Waals surface area contributed by atoms with Gasteiger partial charge in [0, 0.05) is 119 Å². The van der Waals surface area contributed by atoms with E-state index in [1.165, 1.54) is 5.57 Å². The van der Waals surface area contributed by atoms with Crippen molar-refractivity contribution in [3.05, 3.63) is 62.0 Å². The zero-order valence-electron chi connectivity index (χ0n) is 33.0. The van der Waals surface area contributed by atoms with E-state index >= 15 is 0 Å². The Hall–Kier alpha value is -4.38. The molecule has 2 aromatic rings. The van der Waals surface area contributed by atoms with Crippen molar-refractivity contribution >= 4 is 40.9 Å². The van der Waals surface area contributed by atoms with Crippen molar-refractivity contribution in [3.8, 4) is 0 Å². The number of aliphatic imine (C=N–C) groups is 2. The summed E-state index contributed by atoms with van der Waals surface area (Å²) >= 11 is 0. The first kappa shape index (κ1) is 39.3. The van der Waals surface area contributed by atoms with Gasteiger partial charge in [-0.1, -0.05) is 33.6 Å². The van der Waals surface area contributed by atoms with E-state index in [-0.39, 0.29) is 73.1 Å². The molecule has 0 aromatic carbocycles. The van der Waals surface area contributed by atoms with Gasteiger partial charge in [-0.2, -0.15) is 0 Å². The van der Waals surface area contributed by atoms with Crippen LogP contribution >= 0.6 is 0 Å². The van der Waals surface area contributed by atoms with Crippen molar-refractivity contribution in [2.24, 2.45) is 27.7 Å². The Kier molecular flexibility index (Phi) is 12.1. The van der Waals surface area contributed by atoms with Gasteiger partial charge in [-0.15, -0.1) is 0 Å². The first-order valence-electron chi connectivity index (χ1n) is 20.0. The largest absolute Gasteiger partial charge is 0.481 e. The summed E-state index contributed by atoms with van der Waals surface area (Å²) < 4.78 is 6.45. The fraction of sp³-hybridized carbons (Fsp3) is 0.581. The normalized spacial score (nSPS) is 22.4. The highest BCUT2D eigenvalue weighted by atomic mass is 16.5. The molecule has 0 radical (unpaired) electrons. The molecule has 1 aliphatic carbocycles. The number of carbonyl (C=O) groups excluding carboxylic acids is 3. The Balaban J connectivity index is 1.39. The number of nitrogens with one attached hydrogen (secondary N) is 3. The van der Waals surface area contributed by atoms with Crippen LogP contribution in [0, 0.1) is 31.6 Å². The third-order valence-electron chi connectivity index (χ3n) is 12.2.